The molecule has 2 saturated heterocycles. The number of nitrogens with zero attached hydrogens (tertiary/aromatic N) is 1. The van der Waals surface area contributed by atoms with E-state index in [0.29, 0.717) is 23.8 Å². The Morgan fingerprint density at radius 2 is 2.20 bits per heavy atom. The van der Waals surface area contributed by atoms with Gasteiger partial charge in [0.1, 0.15) is 17.1 Å². The van der Waals surface area contributed by atoms with Gasteiger partial charge in [-0.2, -0.15) is 0 Å². The first kappa shape index (κ1) is 16.4. The van der Waals surface area contributed by atoms with Crippen LogP contribution in [0.4, 0.5) is 0 Å². The van der Waals surface area contributed by atoms with E-state index in [0.717, 1.165) is 29.2 Å². The van der Waals surface area contributed by atoms with E-state index >= 15 is 0 Å². The summed E-state index contributed by atoms with van der Waals surface area (Å²) < 4.78 is 7.69. The van der Waals surface area contributed by atoms with Crippen LogP contribution in [0.3, 0.4) is 0 Å². The summed E-state index contributed by atoms with van der Waals surface area (Å²) in [5.41, 5.74) is 2.34. The number of hydrogen-bond acceptors (Lipinski definition) is 3. The van der Waals surface area contributed by atoms with Gasteiger partial charge < -0.3 is 9.52 Å². The Morgan fingerprint density at radius 1 is 1.32 bits per heavy atom. The van der Waals surface area contributed by atoms with Gasteiger partial charge in [-0.25, -0.2) is 0 Å². The molecular formula is C21H26INO2. The molecule has 4 heterocycles. The summed E-state index contributed by atoms with van der Waals surface area (Å²) in [7, 11) is 0. The number of furan rings is 1. The van der Waals surface area contributed by atoms with Crippen molar-refractivity contribution in [3.63, 3.8) is 0 Å². The molecule has 6 rings (SSSR count). The molecule has 25 heavy (non-hydrogen) atoms. The predicted octanol–water partition coefficient (Wildman–Crippen LogP) is 5.09. The van der Waals surface area contributed by atoms with Crippen LogP contribution in [0.15, 0.2) is 22.6 Å². The topological polar surface area (TPSA) is 36.6 Å². The summed E-state index contributed by atoms with van der Waals surface area (Å²) in [4.78, 5) is 2.86. The fourth-order valence-corrected chi connectivity index (χ4v) is 6.87. The van der Waals surface area contributed by atoms with E-state index in [1.165, 1.54) is 48.0 Å². The minimum atomic E-state index is 0.349. The lowest BCUT2D eigenvalue weighted by atomic mass is 9.66. The number of alkyl halides is 1. The summed E-state index contributed by atoms with van der Waals surface area (Å²) in [5.74, 6) is 3.75. The Balaban J connectivity index is 1.69. The molecule has 1 saturated carbocycles. The maximum atomic E-state index is 10.0. The van der Waals surface area contributed by atoms with E-state index in [4.69, 9.17) is 4.42 Å². The summed E-state index contributed by atoms with van der Waals surface area (Å²) in [6.07, 6.45) is 6.25. The number of phenols is 1. The second-order valence-electron chi connectivity index (χ2n) is 8.32. The number of rotatable bonds is 3. The Hall–Kier alpha value is -0.750. The van der Waals surface area contributed by atoms with Gasteiger partial charge in [-0.05, 0) is 55.7 Å². The number of fused-ring (bicyclic) bond motifs is 4. The van der Waals surface area contributed by atoms with E-state index in [9.17, 15) is 5.11 Å². The Bertz CT molecular complexity index is 801. The van der Waals surface area contributed by atoms with Gasteiger partial charge in [-0.1, -0.05) is 35.9 Å². The molecule has 134 valence electrons. The third-order valence-corrected chi connectivity index (χ3v) is 7.97. The predicted molar refractivity (Wildman–Crippen MR) is 109 cm³/mol. The zero-order chi connectivity index (χ0) is 17.1. The molecule has 3 fully saturated rings. The first-order valence-electron chi connectivity index (χ1n) is 9.75. The monoisotopic (exact) mass is 451 g/mol. The van der Waals surface area contributed by atoms with Crippen LogP contribution in [0.1, 0.15) is 49.8 Å². The van der Waals surface area contributed by atoms with Gasteiger partial charge in [0, 0.05) is 39.9 Å². The zero-order valence-corrected chi connectivity index (χ0v) is 16.9. The highest BCUT2D eigenvalue weighted by Gasteiger charge is 2.52. The summed E-state index contributed by atoms with van der Waals surface area (Å²) in [5, 5.41) is 11.2. The van der Waals surface area contributed by atoms with Crippen LogP contribution in [-0.2, 0) is 6.42 Å². The summed E-state index contributed by atoms with van der Waals surface area (Å²) >= 11 is 2.60. The molecule has 3 nitrogen and oxygen atoms in total. The average molecular weight is 451 g/mol. The van der Waals surface area contributed by atoms with Crippen LogP contribution in [0, 0.1) is 11.8 Å². The summed E-state index contributed by atoms with van der Waals surface area (Å²) in [6.45, 7) is 3.59. The quantitative estimate of drug-likeness (QED) is 0.522. The lowest BCUT2D eigenvalue weighted by Gasteiger charge is -2.54. The maximum absolute atomic E-state index is 10.0. The molecule has 6 atom stereocenters. The molecule has 1 N–H and O–H groups in total. The molecule has 4 aliphatic rings. The van der Waals surface area contributed by atoms with Gasteiger partial charge in [-0.15, -0.1) is 0 Å². The Morgan fingerprint density at radius 3 is 3.00 bits per heavy atom. The van der Waals surface area contributed by atoms with Gasteiger partial charge in [0.15, 0.2) is 0 Å². The van der Waals surface area contributed by atoms with Crippen molar-refractivity contribution >= 4 is 33.6 Å². The van der Waals surface area contributed by atoms with Crippen molar-refractivity contribution < 1.29 is 9.52 Å². The molecule has 1 aromatic heterocycles. The number of aromatic hydroxyl groups is 1. The van der Waals surface area contributed by atoms with E-state index in [2.05, 4.69) is 34.4 Å². The van der Waals surface area contributed by atoms with Gasteiger partial charge >= 0.3 is 0 Å². The highest BCUT2D eigenvalue weighted by atomic mass is 127. The smallest absolute Gasteiger partial charge is 0.134 e. The fraction of sp³-hybridized carbons (Fsp3) is 0.619. The van der Waals surface area contributed by atoms with Crippen LogP contribution < -0.4 is 0 Å². The molecular weight excluding hydrogens is 425 g/mol. The fourth-order valence-electron chi connectivity index (χ4n) is 5.99. The first-order valence-corrected chi connectivity index (χ1v) is 11.3. The SMILES string of the molecule is CCC[C@@H]1Cc2c(oc3ccc(O)cc23)C2CC3CC(CI)C2N1C3. The second-order valence-corrected chi connectivity index (χ2v) is 9.20. The van der Waals surface area contributed by atoms with Gasteiger partial charge in [0.05, 0.1) is 0 Å². The highest BCUT2D eigenvalue weighted by Crippen LogP contribution is 2.53. The van der Waals surface area contributed by atoms with Crippen molar-refractivity contribution in [2.45, 2.75) is 57.0 Å². The molecule has 1 aromatic carbocycles. The number of hydrogen-bond donors (Lipinski definition) is 1. The summed E-state index contributed by atoms with van der Waals surface area (Å²) in [6, 6.07) is 6.88. The number of halogens is 1. The van der Waals surface area contributed by atoms with Crippen molar-refractivity contribution in [3.05, 3.63) is 29.5 Å². The van der Waals surface area contributed by atoms with E-state index in [-0.39, 0.29) is 0 Å². The minimum absolute atomic E-state index is 0.349. The molecule has 1 aliphatic carbocycles. The maximum Gasteiger partial charge on any atom is 0.134 e. The zero-order valence-electron chi connectivity index (χ0n) is 14.7. The highest BCUT2D eigenvalue weighted by molar-refractivity contribution is 14.1. The standard InChI is InChI=1S/C21H26INO2/c1-2-3-14-8-17-16-9-15(24)4-5-19(16)25-21(17)18-7-12-6-13(10-22)20(18)23(14)11-12/h4-5,9,12-14,18,20,24H,2-3,6-8,10-11H2,1H3/t12?,13?,14-,18?,20?/m1/s1. The molecule has 5 unspecified atom stereocenters. The largest absolute Gasteiger partial charge is 0.508 e. The minimum Gasteiger partial charge on any atom is -0.508 e. The third kappa shape index (κ3) is 2.47. The van der Waals surface area contributed by atoms with Gasteiger partial charge in [0.25, 0.3) is 0 Å². The molecule has 4 heteroatoms. The lowest BCUT2D eigenvalue weighted by Crippen LogP contribution is -2.59. The van der Waals surface area contributed by atoms with Crippen LogP contribution in [-0.4, -0.2) is 33.1 Å². The van der Waals surface area contributed by atoms with Gasteiger partial charge in [-0.3, -0.25) is 4.90 Å². The molecule has 2 aromatic rings. The van der Waals surface area contributed by atoms with E-state index in [1.807, 2.05) is 12.1 Å². The molecule has 0 amide bonds. The third-order valence-electron chi connectivity index (χ3n) is 6.84. The number of phenolic OH excluding ortho intramolecular Hbond substituents is 1. The van der Waals surface area contributed by atoms with Crippen molar-refractivity contribution in [2.75, 3.05) is 11.0 Å². The number of benzene rings is 1. The van der Waals surface area contributed by atoms with E-state index in [1.54, 1.807) is 6.07 Å². The van der Waals surface area contributed by atoms with Crippen molar-refractivity contribution in [2.24, 2.45) is 11.8 Å². The molecule has 4 bridgehead atoms. The molecule has 3 aliphatic heterocycles. The normalized spacial score (nSPS) is 36.4. The van der Waals surface area contributed by atoms with Gasteiger partial charge in [0.2, 0.25) is 0 Å². The van der Waals surface area contributed by atoms with Crippen molar-refractivity contribution in [1.29, 1.82) is 0 Å². The van der Waals surface area contributed by atoms with Crippen LogP contribution in [0.25, 0.3) is 11.0 Å². The Labute approximate surface area is 162 Å². The average Bonchev–Trinajstić information content (AvgIpc) is 2.94. The molecule has 0 radical (unpaired) electrons. The van der Waals surface area contributed by atoms with Crippen LogP contribution in [0.5, 0.6) is 5.75 Å². The van der Waals surface area contributed by atoms with Crippen molar-refractivity contribution in [3.8, 4) is 5.75 Å². The van der Waals surface area contributed by atoms with Crippen LogP contribution in [0.2, 0.25) is 0 Å². The first-order chi connectivity index (χ1) is 12.2. The second kappa shape index (κ2) is 6.15. The van der Waals surface area contributed by atoms with Crippen LogP contribution >= 0.6 is 22.6 Å². The Kier molecular flexibility index (Phi) is 4.04. The molecule has 0 spiro atoms. The lowest BCUT2D eigenvalue weighted by molar-refractivity contribution is -0.0351. The van der Waals surface area contributed by atoms with Crippen molar-refractivity contribution in [1.82, 2.24) is 4.90 Å². The number of piperidine rings is 2. The van der Waals surface area contributed by atoms with E-state index < -0.39 is 0 Å².